The van der Waals surface area contributed by atoms with Gasteiger partial charge < -0.3 is 4.79 Å². The van der Waals surface area contributed by atoms with Crippen molar-refractivity contribution in [1.82, 2.24) is 0 Å². The van der Waals surface area contributed by atoms with E-state index in [1.165, 1.54) is 18.1 Å². The Morgan fingerprint density at radius 3 is 1.93 bits per heavy atom. The summed E-state index contributed by atoms with van der Waals surface area (Å²) in [7, 11) is 0. The van der Waals surface area contributed by atoms with Gasteiger partial charge in [-0.1, -0.05) is 45.0 Å². The number of rotatable bonds is 1. The third-order valence-electron chi connectivity index (χ3n) is 1.64. The van der Waals surface area contributed by atoms with Crippen molar-refractivity contribution in [2.45, 2.75) is 41.0 Å². The largest absolute Gasteiger partial charge is 0.304 e. The lowest BCUT2D eigenvalue weighted by molar-refractivity contribution is -0.106. The van der Waals surface area contributed by atoms with Gasteiger partial charge >= 0.3 is 0 Å². The molecule has 1 rings (SSSR count). The fourth-order valence-electron chi connectivity index (χ4n) is 1.01. The number of carbonyl (C=O) groups excluding carboxylic acids is 1. The predicted octanol–water partition coefficient (Wildman–Crippen LogP) is 3.79. The summed E-state index contributed by atoms with van der Waals surface area (Å²) >= 11 is 0. The maximum Gasteiger partial charge on any atom is 0.116 e. The van der Waals surface area contributed by atoms with Gasteiger partial charge in [-0.25, -0.2) is 0 Å². The molecule has 0 aliphatic heterocycles. The second kappa shape index (κ2) is 11.9. The molecule has 0 aliphatic carbocycles. The predicted molar refractivity (Wildman–Crippen MR) is 63.6 cm³/mol. The van der Waals surface area contributed by atoms with Crippen molar-refractivity contribution < 1.29 is 4.79 Å². The highest BCUT2D eigenvalue weighted by molar-refractivity contribution is 5.44. The zero-order chi connectivity index (χ0) is 11.4. The molecule has 0 atom stereocenters. The van der Waals surface area contributed by atoms with E-state index < -0.39 is 0 Å². The molecule has 0 saturated carbocycles. The molecule has 1 aromatic rings. The van der Waals surface area contributed by atoms with Crippen LogP contribution in [0.1, 0.15) is 38.8 Å². The average Bonchev–Trinajstić information content (AvgIpc) is 2.23. The van der Waals surface area contributed by atoms with Crippen LogP contribution < -0.4 is 0 Å². The number of aldehydes is 1. The minimum Gasteiger partial charge on any atom is -0.304 e. The fraction of sp³-hybridized carbons (Fsp3) is 0.462. The summed E-state index contributed by atoms with van der Waals surface area (Å²) < 4.78 is 0. The lowest BCUT2D eigenvalue weighted by atomic mass is 10.1. The molecule has 0 saturated heterocycles. The molecule has 0 amide bonds. The molecule has 0 N–H and O–H groups in total. The van der Waals surface area contributed by atoms with E-state index in [-0.39, 0.29) is 0 Å². The summed E-state index contributed by atoms with van der Waals surface area (Å²) in [5.74, 6) is 0. The first-order chi connectivity index (χ1) is 6.76. The van der Waals surface area contributed by atoms with Crippen LogP contribution in [0.25, 0.3) is 0 Å². The van der Waals surface area contributed by atoms with Crippen LogP contribution >= 0.6 is 0 Å². The molecule has 14 heavy (non-hydrogen) atoms. The third kappa shape index (κ3) is 7.53. The van der Waals surface area contributed by atoms with Crippen molar-refractivity contribution in [3.63, 3.8) is 0 Å². The third-order valence-corrected chi connectivity index (χ3v) is 1.64. The Morgan fingerprint density at radius 2 is 1.64 bits per heavy atom. The smallest absolute Gasteiger partial charge is 0.116 e. The maximum atomic E-state index is 8.81. The van der Waals surface area contributed by atoms with Crippen LogP contribution in [0.5, 0.6) is 0 Å². The minimum atomic E-state index is 0.750. The molecule has 0 aliphatic rings. The molecule has 0 spiro atoms. The first-order valence-electron chi connectivity index (χ1n) is 5.20. The molecular formula is C13H22O. The Morgan fingerprint density at radius 1 is 1.21 bits per heavy atom. The summed E-state index contributed by atoms with van der Waals surface area (Å²) in [6.07, 6.45) is 1.90. The molecule has 0 unspecified atom stereocenters. The molecule has 0 heterocycles. The number of hydrogen-bond acceptors (Lipinski definition) is 1. The van der Waals surface area contributed by atoms with Gasteiger partial charge in [0.05, 0.1) is 0 Å². The fourth-order valence-corrected chi connectivity index (χ4v) is 1.01. The van der Waals surface area contributed by atoms with Crippen LogP contribution in [-0.2, 0) is 11.2 Å². The van der Waals surface area contributed by atoms with Crippen LogP contribution in [0, 0.1) is 6.92 Å². The highest BCUT2D eigenvalue weighted by Gasteiger charge is 1.89. The van der Waals surface area contributed by atoms with E-state index in [0.29, 0.717) is 0 Å². The highest BCUT2D eigenvalue weighted by atomic mass is 16.1. The number of benzene rings is 1. The second-order valence-electron chi connectivity index (χ2n) is 2.52. The van der Waals surface area contributed by atoms with Gasteiger partial charge in [-0.3, -0.25) is 0 Å². The van der Waals surface area contributed by atoms with E-state index in [9.17, 15) is 0 Å². The van der Waals surface area contributed by atoms with Crippen molar-refractivity contribution in [2.24, 2.45) is 0 Å². The van der Waals surface area contributed by atoms with Crippen LogP contribution in [0.15, 0.2) is 24.3 Å². The van der Waals surface area contributed by atoms with E-state index in [1.54, 1.807) is 0 Å². The van der Waals surface area contributed by atoms with Gasteiger partial charge in [0.25, 0.3) is 0 Å². The molecule has 80 valence electrons. The molecule has 0 aromatic heterocycles. The standard InChI is InChI=1S/C9H12.C2H4O.C2H6/c1-3-9-7-5-4-6-8(9)2;1-2-3;1-2/h4-7H,3H2,1-2H3;2H,1H3;1-2H3. The monoisotopic (exact) mass is 194 g/mol. The second-order valence-corrected chi connectivity index (χ2v) is 2.52. The Balaban J connectivity index is 0. The van der Waals surface area contributed by atoms with E-state index in [2.05, 4.69) is 38.1 Å². The lowest BCUT2D eigenvalue weighted by Crippen LogP contribution is -1.82. The Labute approximate surface area is 88.2 Å². The number of aryl methyl sites for hydroxylation is 2. The van der Waals surface area contributed by atoms with E-state index in [4.69, 9.17) is 4.79 Å². The van der Waals surface area contributed by atoms with Crippen LogP contribution in [-0.4, -0.2) is 6.29 Å². The summed E-state index contributed by atoms with van der Waals surface area (Å²) in [4.78, 5) is 8.81. The zero-order valence-electron chi connectivity index (χ0n) is 10.0. The first-order valence-corrected chi connectivity index (χ1v) is 5.20. The van der Waals surface area contributed by atoms with Crippen LogP contribution in [0.4, 0.5) is 0 Å². The molecule has 0 fully saturated rings. The van der Waals surface area contributed by atoms with Gasteiger partial charge in [0.15, 0.2) is 0 Å². The van der Waals surface area contributed by atoms with E-state index >= 15 is 0 Å². The van der Waals surface area contributed by atoms with Crippen LogP contribution in [0.2, 0.25) is 0 Å². The first kappa shape index (κ1) is 15.4. The summed E-state index contributed by atoms with van der Waals surface area (Å²) in [5, 5.41) is 0. The Kier molecular flexibility index (Phi) is 13.1. The average molecular weight is 194 g/mol. The van der Waals surface area contributed by atoms with E-state index in [1.807, 2.05) is 13.8 Å². The summed E-state index contributed by atoms with van der Waals surface area (Å²) in [5.41, 5.74) is 2.86. The molecule has 0 radical (unpaired) electrons. The van der Waals surface area contributed by atoms with Gasteiger partial charge in [0.2, 0.25) is 0 Å². The highest BCUT2D eigenvalue weighted by Crippen LogP contribution is 2.06. The number of carbonyl (C=O) groups is 1. The minimum absolute atomic E-state index is 0.750. The van der Waals surface area contributed by atoms with Crippen molar-refractivity contribution in [2.75, 3.05) is 0 Å². The molecular weight excluding hydrogens is 172 g/mol. The topological polar surface area (TPSA) is 17.1 Å². The van der Waals surface area contributed by atoms with Crippen molar-refractivity contribution in [3.8, 4) is 0 Å². The van der Waals surface area contributed by atoms with E-state index in [0.717, 1.165) is 12.7 Å². The number of hydrogen-bond donors (Lipinski definition) is 0. The SMILES string of the molecule is CC.CC=O.CCc1ccccc1C. The molecule has 1 heteroatoms. The van der Waals surface area contributed by atoms with Gasteiger partial charge in [-0.05, 0) is 31.4 Å². The van der Waals surface area contributed by atoms with Gasteiger partial charge in [0, 0.05) is 0 Å². The Hall–Kier alpha value is -1.11. The van der Waals surface area contributed by atoms with Gasteiger partial charge in [-0.15, -0.1) is 0 Å². The zero-order valence-corrected chi connectivity index (χ0v) is 10.0. The van der Waals surface area contributed by atoms with Crippen molar-refractivity contribution in [3.05, 3.63) is 35.4 Å². The normalized spacial score (nSPS) is 7.50. The summed E-state index contributed by atoms with van der Waals surface area (Å²) in [6, 6.07) is 8.49. The Bertz CT molecular complexity index is 228. The van der Waals surface area contributed by atoms with Crippen LogP contribution in [0.3, 0.4) is 0 Å². The quantitative estimate of drug-likeness (QED) is 0.622. The summed E-state index contributed by atoms with van der Waals surface area (Å²) in [6.45, 7) is 9.78. The molecule has 1 aromatic carbocycles. The van der Waals surface area contributed by atoms with Crippen molar-refractivity contribution in [1.29, 1.82) is 0 Å². The maximum absolute atomic E-state index is 8.81. The lowest BCUT2D eigenvalue weighted by Gasteiger charge is -1.98. The van der Waals surface area contributed by atoms with Gasteiger partial charge in [0.1, 0.15) is 6.29 Å². The van der Waals surface area contributed by atoms with Crippen molar-refractivity contribution >= 4 is 6.29 Å². The van der Waals surface area contributed by atoms with Gasteiger partial charge in [-0.2, -0.15) is 0 Å². The molecule has 1 nitrogen and oxygen atoms in total. The molecule has 0 bridgehead atoms.